The number of anilines is 3. The van der Waals surface area contributed by atoms with Crippen LogP contribution in [0, 0.1) is 0 Å². The van der Waals surface area contributed by atoms with E-state index in [4.69, 9.17) is 21.1 Å². The fourth-order valence-corrected chi connectivity index (χ4v) is 2.71. The molecule has 6 nitrogen and oxygen atoms in total. The maximum Gasteiger partial charge on any atom is 0.257 e. The maximum absolute atomic E-state index is 12.5. The number of rotatable bonds is 6. The number of carbonyl (C=O) groups is 1. The van der Waals surface area contributed by atoms with E-state index in [0.29, 0.717) is 33.5 Å². The maximum atomic E-state index is 12.5. The van der Waals surface area contributed by atoms with Gasteiger partial charge < -0.3 is 20.1 Å². The van der Waals surface area contributed by atoms with Gasteiger partial charge in [0.1, 0.15) is 11.5 Å². The van der Waals surface area contributed by atoms with Crippen LogP contribution in [0.2, 0.25) is 5.02 Å². The van der Waals surface area contributed by atoms with Crippen LogP contribution in [0.3, 0.4) is 0 Å². The Morgan fingerprint density at radius 1 is 0.963 bits per heavy atom. The number of hydrogen-bond acceptors (Lipinski definition) is 5. The number of halogens is 1. The number of pyridine rings is 1. The first-order valence-corrected chi connectivity index (χ1v) is 8.48. The smallest absolute Gasteiger partial charge is 0.257 e. The lowest BCUT2D eigenvalue weighted by atomic mass is 10.2. The highest BCUT2D eigenvalue weighted by molar-refractivity contribution is 6.32. The molecule has 1 heterocycles. The van der Waals surface area contributed by atoms with Crippen LogP contribution in [0.5, 0.6) is 11.5 Å². The number of carbonyl (C=O) groups excluding carboxylic acids is 1. The van der Waals surface area contributed by atoms with Crippen LogP contribution in [0.4, 0.5) is 17.1 Å². The van der Waals surface area contributed by atoms with Crippen LogP contribution < -0.4 is 20.1 Å². The van der Waals surface area contributed by atoms with E-state index >= 15 is 0 Å². The molecule has 1 amide bonds. The van der Waals surface area contributed by atoms with Gasteiger partial charge in [0, 0.05) is 23.6 Å². The molecule has 0 aliphatic rings. The monoisotopic (exact) mass is 383 g/mol. The summed E-state index contributed by atoms with van der Waals surface area (Å²) in [6, 6.07) is 14.2. The summed E-state index contributed by atoms with van der Waals surface area (Å²) in [7, 11) is 3.13. The number of methoxy groups -OCH3 is 2. The number of amides is 1. The van der Waals surface area contributed by atoms with Crippen LogP contribution >= 0.6 is 11.6 Å². The normalized spacial score (nSPS) is 10.2. The minimum Gasteiger partial charge on any atom is -0.497 e. The Morgan fingerprint density at radius 3 is 2.56 bits per heavy atom. The lowest BCUT2D eigenvalue weighted by Gasteiger charge is -2.10. The first-order valence-electron chi connectivity index (χ1n) is 8.10. The van der Waals surface area contributed by atoms with Gasteiger partial charge in [-0.2, -0.15) is 0 Å². The second kappa shape index (κ2) is 8.42. The van der Waals surface area contributed by atoms with Crippen LogP contribution in [0.1, 0.15) is 10.4 Å². The SMILES string of the molecule is COc1cccc(NC(=O)c2cncc(Nc3ccc(OC)c(Cl)c3)c2)c1. The highest BCUT2D eigenvalue weighted by Crippen LogP contribution is 2.29. The number of ether oxygens (including phenoxy) is 2. The van der Waals surface area contributed by atoms with Gasteiger partial charge in [0.2, 0.25) is 0 Å². The molecule has 3 rings (SSSR count). The summed E-state index contributed by atoms with van der Waals surface area (Å²) < 4.78 is 10.3. The van der Waals surface area contributed by atoms with Crippen LogP contribution in [-0.4, -0.2) is 25.1 Å². The summed E-state index contributed by atoms with van der Waals surface area (Å²) in [6.07, 6.45) is 3.13. The second-order valence-corrected chi connectivity index (χ2v) is 6.03. The molecule has 3 aromatic rings. The van der Waals surface area contributed by atoms with E-state index in [1.807, 2.05) is 12.1 Å². The van der Waals surface area contributed by atoms with Gasteiger partial charge in [0.15, 0.2) is 0 Å². The van der Waals surface area contributed by atoms with E-state index in [1.165, 1.54) is 6.20 Å². The number of nitrogens with one attached hydrogen (secondary N) is 2. The van der Waals surface area contributed by atoms with Gasteiger partial charge in [-0.3, -0.25) is 9.78 Å². The Kier molecular flexibility index (Phi) is 5.78. The zero-order valence-electron chi connectivity index (χ0n) is 14.8. The van der Waals surface area contributed by atoms with E-state index in [0.717, 1.165) is 5.69 Å². The molecule has 2 N–H and O–H groups in total. The zero-order chi connectivity index (χ0) is 19.2. The van der Waals surface area contributed by atoms with Crippen LogP contribution in [0.15, 0.2) is 60.9 Å². The summed E-state index contributed by atoms with van der Waals surface area (Å²) >= 11 is 6.14. The minimum atomic E-state index is -0.271. The summed E-state index contributed by atoms with van der Waals surface area (Å²) in [5.41, 5.74) is 2.48. The van der Waals surface area contributed by atoms with Crippen molar-refractivity contribution in [2.45, 2.75) is 0 Å². The van der Waals surface area contributed by atoms with Crippen molar-refractivity contribution in [3.05, 3.63) is 71.5 Å². The molecule has 0 spiro atoms. The van der Waals surface area contributed by atoms with Gasteiger partial charge in [-0.25, -0.2) is 0 Å². The second-order valence-electron chi connectivity index (χ2n) is 5.62. The average Bonchev–Trinajstić information content (AvgIpc) is 2.68. The Morgan fingerprint density at radius 2 is 1.81 bits per heavy atom. The van der Waals surface area contributed by atoms with Gasteiger partial charge in [0.05, 0.1) is 36.7 Å². The molecule has 0 unspecified atom stereocenters. The lowest BCUT2D eigenvalue weighted by Crippen LogP contribution is -2.12. The lowest BCUT2D eigenvalue weighted by molar-refractivity contribution is 0.102. The third-order valence-electron chi connectivity index (χ3n) is 3.77. The van der Waals surface area contributed by atoms with Gasteiger partial charge in [-0.05, 0) is 36.4 Å². The minimum absolute atomic E-state index is 0.271. The molecule has 0 saturated heterocycles. The summed E-state index contributed by atoms with van der Waals surface area (Å²) in [5, 5.41) is 6.48. The molecule has 7 heteroatoms. The molecule has 0 fully saturated rings. The fraction of sp³-hybridized carbons (Fsp3) is 0.100. The number of aromatic nitrogens is 1. The molecule has 0 saturated carbocycles. The van der Waals surface area contributed by atoms with Crippen molar-refractivity contribution in [3.8, 4) is 11.5 Å². The fourth-order valence-electron chi connectivity index (χ4n) is 2.45. The summed E-state index contributed by atoms with van der Waals surface area (Å²) in [5.74, 6) is 0.983. The molecule has 27 heavy (non-hydrogen) atoms. The van der Waals surface area contributed by atoms with Gasteiger partial charge >= 0.3 is 0 Å². The molecule has 138 valence electrons. The molecular weight excluding hydrogens is 366 g/mol. The van der Waals surface area contributed by atoms with Crippen molar-refractivity contribution in [3.63, 3.8) is 0 Å². The highest BCUT2D eigenvalue weighted by atomic mass is 35.5. The molecule has 1 aromatic heterocycles. The topological polar surface area (TPSA) is 72.5 Å². The van der Waals surface area contributed by atoms with Crippen molar-refractivity contribution < 1.29 is 14.3 Å². The van der Waals surface area contributed by atoms with Gasteiger partial charge in [-0.1, -0.05) is 17.7 Å². The Bertz CT molecular complexity index is 963. The summed E-state index contributed by atoms with van der Waals surface area (Å²) in [4.78, 5) is 16.6. The predicted molar refractivity (Wildman–Crippen MR) is 106 cm³/mol. The van der Waals surface area contributed by atoms with E-state index in [1.54, 1.807) is 56.8 Å². The average molecular weight is 384 g/mol. The molecule has 2 aromatic carbocycles. The van der Waals surface area contributed by atoms with Crippen molar-refractivity contribution in [1.82, 2.24) is 4.98 Å². The van der Waals surface area contributed by atoms with E-state index in [2.05, 4.69) is 15.6 Å². The number of benzene rings is 2. The Balaban J connectivity index is 1.74. The Hall–Kier alpha value is -3.25. The third kappa shape index (κ3) is 4.68. The molecule has 0 aliphatic heterocycles. The largest absolute Gasteiger partial charge is 0.497 e. The van der Waals surface area contributed by atoms with Crippen molar-refractivity contribution >= 4 is 34.6 Å². The first-order chi connectivity index (χ1) is 13.1. The number of nitrogens with zero attached hydrogens (tertiary/aromatic N) is 1. The van der Waals surface area contributed by atoms with Crippen molar-refractivity contribution in [1.29, 1.82) is 0 Å². The predicted octanol–water partition coefficient (Wildman–Crippen LogP) is 4.75. The van der Waals surface area contributed by atoms with E-state index in [-0.39, 0.29) is 5.91 Å². The third-order valence-corrected chi connectivity index (χ3v) is 4.06. The van der Waals surface area contributed by atoms with E-state index in [9.17, 15) is 4.79 Å². The first kappa shape index (κ1) is 18.5. The molecule has 0 atom stereocenters. The van der Waals surface area contributed by atoms with Gasteiger partial charge in [0.25, 0.3) is 5.91 Å². The molecule has 0 aliphatic carbocycles. The van der Waals surface area contributed by atoms with Crippen LogP contribution in [0.25, 0.3) is 0 Å². The number of hydrogen-bond donors (Lipinski definition) is 2. The molecule has 0 radical (unpaired) electrons. The molecular formula is C20H18ClN3O3. The Labute approximate surface area is 162 Å². The van der Waals surface area contributed by atoms with E-state index < -0.39 is 0 Å². The van der Waals surface area contributed by atoms with Crippen LogP contribution in [-0.2, 0) is 0 Å². The summed E-state index contributed by atoms with van der Waals surface area (Å²) in [6.45, 7) is 0. The quantitative estimate of drug-likeness (QED) is 0.642. The standard InChI is InChI=1S/C20H18ClN3O3/c1-26-17-5-3-4-14(9-17)24-20(25)13-8-16(12-22-11-13)23-15-6-7-19(27-2)18(21)10-15/h3-12,23H,1-2H3,(H,24,25). The van der Waals surface area contributed by atoms with Crippen molar-refractivity contribution in [2.24, 2.45) is 0 Å². The van der Waals surface area contributed by atoms with Gasteiger partial charge in [-0.15, -0.1) is 0 Å². The zero-order valence-corrected chi connectivity index (χ0v) is 15.6. The van der Waals surface area contributed by atoms with Crippen molar-refractivity contribution in [2.75, 3.05) is 24.9 Å². The highest BCUT2D eigenvalue weighted by Gasteiger charge is 2.09. The molecule has 0 bridgehead atoms.